The van der Waals surface area contributed by atoms with Crippen LogP contribution in [0, 0.1) is 19.8 Å². The van der Waals surface area contributed by atoms with Gasteiger partial charge in [0, 0.05) is 58.5 Å². The summed E-state index contributed by atoms with van der Waals surface area (Å²) in [5, 5.41) is 0. The van der Waals surface area contributed by atoms with Crippen LogP contribution in [0.1, 0.15) is 134 Å². The molecule has 46 heavy (non-hydrogen) atoms. The highest BCUT2D eigenvalue weighted by Crippen LogP contribution is 2.40. The van der Waals surface area contributed by atoms with Crippen LogP contribution in [0.15, 0.2) is 88.2 Å². The average molecular weight is 618 g/mol. The van der Waals surface area contributed by atoms with Crippen molar-refractivity contribution in [2.75, 3.05) is 6.54 Å². The topological polar surface area (TPSA) is 11.4 Å². The minimum absolute atomic E-state index is 0.486. The third-order valence-electron chi connectivity index (χ3n) is 11.5. The SMILES string of the molecule is C/C=C(\C)N(C1=CC(N2C/C=C\C/C=C\C(C)C3=C2CCCCC3)=CCC(n2c(C)c(C)c3c2CCCC3)=C1)C1=C(C)CCCC1. The molecule has 0 fully saturated rings. The lowest BCUT2D eigenvalue weighted by Crippen LogP contribution is -2.27. The fourth-order valence-corrected chi connectivity index (χ4v) is 8.74. The first kappa shape index (κ1) is 32.7. The Morgan fingerprint density at radius 3 is 2.43 bits per heavy atom. The number of nitrogens with zero attached hydrogens (tertiary/aromatic N) is 3. The Bertz CT molecular complexity index is 1560. The van der Waals surface area contributed by atoms with Gasteiger partial charge >= 0.3 is 0 Å². The zero-order chi connectivity index (χ0) is 32.2. The van der Waals surface area contributed by atoms with Gasteiger partial charge in [0.25, 0.3) is 0 Å². The van der Waals surface area contributed by atoms with Gasteiger partial charge in [-0.25, -0.2) is 0 Å². The molecular formula is C43H59N3. The molecule has 0 aromatic carbocycles. The van der Waals surface area contributed by atoms with E-state index in [1.165, 1.54) is 117 Å². The van der Waals surface area contributed by atoms with Gasteiger partial charge in [0.1, 0.15) is 0 Å². The molecule has 246 valence electrons. The van der Waals surface area contributed by atoms with Crippen molar-refractivity contribution in [1.29, 1.82) is 0 Å². The Labute approximate surface area is 280 Å². The fourth-order valence-electron chi connectivity index (χ4n) is 8.74. The molecule has 1 aromatic rings. The van der Waals surface area contributed by atoms with Gasteiger partial charge in [-0.2, -0.15) is 0 Å². The van der Waals surface area contributed by atoms with Gasteiger partial charge in [-0.1, -0.05) is 55.4 Å². The van der Waals surface area contributed by atoms with Crippen molar-refractivity contribution in [2.45, 2.75) is 138 Å². The Balaban J connectivity index is 1.56. The van der Waals surface area contributed by atoms with Crippen LogP contribution in [0.3, 0.4) is 0 Å². The Hall–Kier alpha value is -3.20. The summed E-state index contributed by atoms with van der Waals surface area (Å²) in [4.78, 5) is 5.36. The number of rotatable bonds is 5. The zero-order valence-corrected chi connectivity index (χ0v) is 29.9. The highest BCUT2D eigenvalue weighted by atomic mass is 15.2. The third kappa shape index (κ3) is 6.62. The quantitative estimate of drug-likeness (QED) is 0.305. The molecular weight excluding hydrogens is 558 g/mol. The van der Waals surface area contributed by atoms with E-state index in [0.29, 0.717) is 5.92 Å². The van der Waals surface area contributed by atoms with Gasteiger partial charge in [0.15, 0.2) is 0 Å². The first-order chi connectivity index (χ1) is 22.4. The minimum atomic E-state index is 0.486. The molecule has 1 aliphatic heterocycles. The molecule has 5 aliphatic rings. The monoisotopic (exact) mass is 617 g/mol. The second kappa shape index (κ2) is 14.7. The molecule has 0 N–H and O–H groups in total. The number of hydrogen-bond donors (Lipinski definition) is 0. The van der Waals surface area contributed by atoms with Crippen LogP contribution >= 0.6 is 0 Å². The predicted octanol–water partition coefficient (Wildman–Crippen LogP) is 11.7. The first-order valence-electron chi connectivity index (χ1n) is 18.6. The van der Waals surface area contributed by atoms with Crippen LogP contribution in [0.5, 0.6) is 0 Å². The van der Waals surface area contributed by atoms with Crippen molar-refractivity contribution in [3.63, 3.8) is 0 Å². The lowest BCUT2D eigenvalue weighted by molar-refractivity contribution is 0.440. The smallest absolute Gasteiger partial charge is 0.0493 e. The summed E-state index contributed by atoms with van der Waals surface area (Å²) in [5.41, 5.74) is 17.9. The van der Waals surface area contributed by atoms with Crippen molar-refractivity contribution < 1.29 is 0 Å². The fraction of sp³-hybridized carbons (Fsp3) is 0.535. The molecule has 0 spiro atoms. The number of fused-ring (bicyclic) bond motifs is 1. The first-order valence-corrected chi connectivity index (χ1v) is 18.6. The molecule has 3 heteroatoms. The van der Waals surface area contributed by atoms with Crippen LogP contribution in [-0.4, -0.2) is 20.9 Å². The highest BCUT2D eigenvalue weighted by molar-refractivity contribution is 5.62. The summed E-state index contributed by atoms with van der Waals surface area (Å²) in [7, 11) is 0. The number of aromatic nitrogens is 1. The van der Waals surface area contributed by atoms with Crippen LogP contribution in [0.25, 0.3) is 5.70 Å². The molecule has 6 rings (SSSR count). The van der Waals surface area contributed by atoms with Gasteiger partial charge in [0.2, 0.25) is 0 Å². The molecule has 1 atom stereocenters. The van der Waals surface area contributed by atoms with Crippen molar-refractivity contribution in [2.24, 2.45) is 5.92 Å². The molecule has 0 saturated carbocycles. The highest BCUT2D eigenvalue weighted by Gasteiger charge is 2.28. The minimum Gasteiger partial charge on any atom is -0.342 e. The van der Waals surface area contributed by atoms with Crippen LogP contribution in [0.4, 0.5) is 0 Å². The summed E-state index contributed by atoms with van der Waals surface area (Å²) >= 11 is 0. The molecule has 2 heterocycles. The molecule has 1 unspecified atom stereocenters. The van der Waals surface area contributed by atoms with E-state index in [1.807, 2.05) is 0 Å². The molecule has 1 aromatic heterocycles. The van der Waals surface area contributed by atoms with Crippen LogP contribution < -0.4 is 0 Å². The maximum absolute atomic E-state index is 2.72. The molecule has 0 amide bonds. The van der Waals surface area contributed by atoms with Gasteiger partial charge in [-0.3, -0.25) is 0 Å². The lowest BCUT2D eigenvalue weighted by Gasteiger charge is -2.35. The molecule has 0 bridgehead atoms. The predicted molar refractivity (Wildman–Crippen MR) is 197 cm³/mol. The number of allylic oxidation sites excluding steroid dienone is 13. The zero-order valence-electron chi connectivity index (χ0n) is 29.9. The molecule has 0 radical (unpaired) electrons. The molecule has 3 nitrogen and oxygen atoms in total. The second-order valence-corrected chi connectivity index (χ2v) is 14.5. The van der Waals surface area contributed by atoms with E-state index in [9.17, 15) is 0 Å². The van der Waals surface area contributed by atoms with Crippen molar-refractivity contribution in [3.8, 4) is 0 Å². The Kier molecular flexibility index (Phi) is 10.5. The van der Waals surface area contributed by atoms with Crippen molar-refractivity contribution in [1.82, 2.24) is 14.4 Å². The summed E-state index contributed by atoms with van der Waals surface area (Å²) in [6.45, 7) is 15.0. The van der Waals surface area contributed by atoms with E-state index >= 15 is 0 Å². The summed E-state index contributed by atoms with van der Waals surface area (Å²) < 4.78 is 2.67. The van der Waals surface area contributed by atoms with Gasteiger partial charge in [0.05, 0.1) is 0 Å². The van der Waals surface area contributed by atoms with Crippen LogP contribution in [0.2, 0.25) is 0 Å². The average Bonchev–Trinajstić information content (AvgIpc) is 3.29. The van der Waals surface area contributed by atoms with Gasteiger partial charge < -0.3 is 14.4 Å². The van der Waals surface area contributed by atoms with Gasteiger partial charge in [-0.05, 0) is 153 Å². The van der Waals surface area contributed by atoms with E-state index in [1.54, 1.807) is 28.1 Å². The van der Waals surface area contributed by atoms with E-state index in [-0.39, 0.29) is 0 Å². The maximum atomic E-state index is 2.72. The Morgan fingerprint density at radius 2 is 1.61 bits per heavy atom. The Morgan fingerprint density at radius 1 is 0.848 bits per heavy atom. The van der Waals surface area contributed by atoms with E-state index in [0.717, 1.165) is 25.8 Å². The second-order valence-electron chi connectivity index (χ2n) is 14.5. The summed E-state index contributed by atoms with van der Waals surface area (Å²) in [5.74, 6) is 0.486. The number of hydrogen-bond acceptors (Lipinski definition) is 2. The van der Waals surface area contributed by atoms with E-state index in [4.69, 9.17) is 0 Å². The lowest BCUT2D eigenvalue weighted by atomic mass is 9.93. The normalized spacial score (nSPS) is 24.7. The summed E-state index contributed by atoms with van der Waals surface area (Å²) in [6, 6.07) is 0. The van der Waals surface area contributed by atoms with Crippen molar-refractivity contribution in [3.05, 3.63) is 111 Å². The third-order valence-corrected chi connectivity index (χ3v) is 11.5. The van der Waals surface area contributed by atoms with E-state index in [2.05, 4.69) is 105 Å². The largest absolute Gasteiger partial charge is 0.342 e. The standard InChI is InChI=1S/C43H59N3/c1-7-33(4)45(41-23-16-14-20-32(41)3)38-29-36(26-27-37(30-38)46-35(6)34(5)40-22-15-17-25-43(40)46)44-28-18-9-8-11-19-31(2)39-21-12-10-13-24-42(39)44/h7,9,11,18-19,26,29-31H,8,10,12-17,20-25,27-28H2,1-6H3/b18-9-,19-11-,33-7+. The van der Waals surface area contributed by atoms with E-state index < -0.39 is 0 Å². The molecule has 4 aliphatic carbocycles. The molecule has 0 saturated heterocycles. The maximum Gasteiger partial charge on any atom is 0.0493 e. The summed E-state index contributed by atoms with van der Waals surface area (Å²) in [6.07, 6.45) is 37.9. The van der Waals surface area contributed by atoms with Gasteiger partial charge in [-0.15, -0.1) is 0 Å². The van der Waals surface area contributed by atoms with Crippen molar-refractivity contribution >= 4 is 5.70 Å². The van der Waals surface area contributed by atoms with Crippen LogP contribution in [-0.2, 0) is 12.8 Å².